The maximum Gasteiger partial charge on any atom is 0.150 e. The molecule has 84 valence electrons. The van der Waals surface area contributed by atoms with Gasteiger partial charge in [-0.25, -0.2) is 0 Å². The molecule has 3 rings (SSSR count). The summed E-state index contributed by atoms with van der Waals surface area (Å²) in [6.07, 6.45) is 3.45. The van der Waals surface area contributed by atoms with Gasteiger partial charge in [0.25, 0.3) is 0 Å². The van der Waals surface area contributed by atoms with Crippen LogP contribution in [0.25, 0.3) is 0 Å². The normalized spacial score (nSPS) is 20.2. The Hall–Kier alpha value is -1.35. The summed E-state index contributed by atoms with van der Waals surface area (Å²) in [6, 6.07) is 9.08. The smallest absolute Gasteiger partial charge is 0.150 e. The molecule has 16 heavy (non-hydrogen) atoms. The molecule has 0 atom stereocenters. The predicted molar refractivity (Wildman–Crippen MR) is 61.9 cm³/mol. The second-order valence-electron chi connectivity index (χ2n) is 4.54. The summed E-state index contributed by atoms with van der Waals surface area (Å²) in [5, 5.41) is 0. The lowest BCUT2D eigenvalue weighted by molar-refractivity contribution is 0.00740. The lowest BCUT2D eigenvalue weighted by Crippen LogP contribution is -2.50. The average Bonchev–Trinajstić information content (AvgIpc) is 3.07. The zero-order valence-corrected chi connectivity index (χ0v) is 9.13. The molecule has 3 heteroatoms. The van der Waals surface area contributed by atoms with Gasteiger partial charge in [-0.3, -0.25) is 4.79 Å². The minimum Gasteiger partial charge on any atom is -0.377 e. The molecule has 0 amide bonds. The quantitative estimate of drug-likeness (QED) is 0.721. The standard InChI is InChI=1S/C13H15NO2/c15-7-10-1-3-11(4-2-10)14(12-5-6-12)13-8-16-9-13/h1-4,7,12-13H,5-6,8-9H2. The molecule has 1 saturated carbocycles. The van der Waals surface area contributed by atoms with Crippen LogP contribution >= 0.6 is 0 Å². The molecule has 0 unspecified atom stereocenters. The van der Waals surface area contributed by atoms with E-state index in [2.05, 4.69) is 4.90 Å². The number of carbonyl (C=O) groups excluding carboxylic acids is 1. The van der Waals surface area contributed by atoms with Gasteiger partial charge in [0.1, 0.15) is 6.29 Å². The van der Waals surface area contributed by atoms with Gasteiger partial charge in [-0.2, -0.15) is 0 Å². The summed E-state index contributed by atoms with van der Waals surface area (Å²) >= 11 is 0. The van der Waals surface area contributed by atoms with Crippen LogP contribution in [0.4, 0.5) is 5.69 Å². The molecule has 0 N–H and O–H groups in total. The van der Waals surface area contributed by atoms with Crippen molar-refractivity contribution in [3.05, 3.63) is 29.8 Å². The number of carbonyl (C=O) groups is 1. The first kappa shape index (κ1) is 9.85. The Morgan fingerprint density at radius 1 is 1.12 bits per heavy atom. The van der Waals surface area contributed by atoms with E-state index in [1.165, 1.54) is 18.5 Å². The zero-order valence-electron chi connectivity index (χ0n) is 9.13. The van der Waals surface area contributed by atoms with Gasteiger partial charge in [-0.1, -0.05) is 0 Å². The van der Waals surface area contributed by atoms with Crippen molar-refractivity contribution in [2.75, 3.05) is 18.1 Å². The molecule has 2 fully saturated rings. The molecule has 0 radical (unpaired) electrons. The third kappa shape index (κ3) is 1.71. The Morgan fingerprint density at radius 3 is 2.25 bits per heavy atom. The van der Waals surface area contributed by atoms with Crippen LogP contribution < -0.4 is 4.90 Å². The minimum atomic E-state index is 0.537. The SMILES string of the molecule is O=Cc1ccc(N(C2CC2)C2COC2)cc1. The summed E-state index contributed by atoms with van der Waals surface area (Å²) in [7, 11) is 0. The van der Waals surface area contributed by atoms with E-state index in [0.29, 0.717) is 12.1 Å². The van der Waals surface area contributed by atoms with Crippen molar-refractivity contribution in [1.82, 2.24) is 0 Å². The van der Waals surface area contributed by atoms with Gasteiger partial charge in [0.05, 0.1) is 19.3 Å². The Bertz CT molecular complexity index is 379. The van der Waals surface area contributed by atoms with Crippen molar-refractivity contribution < 1.29 is 9.53 Å². The topological polar surface area (TPSA) is 29.5 Å². The maximum atomic E-state index is 10.6. The molecular weight excluding hydrogens is 202 g/mol. The Labute approximate surface area is 95.0 Å². The highest BCUT2D eigenvalue weighted by Crippen LogP contribution is 2.35. The fraction of sp³-hybridized carbons (Fsp3) is 0.462. The van der Waals surface area contributed by atoms with Crippen LogP contribution in [0.5, 0.6) is 0 Å². The summed E-state index contributed by atoms with van der Waals surface area (Å²) < 4.78 is 5.26. The lowest BCUT2D eigenvalue weighted by atomic mass is 10.1. The highest BCUT2D eigenvalue weighted by molar-refractivity contribution is 5.75. The summed E-state index contributed by atoms with van der Waals surface area (Å²) in [5.74, 6) is 0. The van der Waals surface area contributed by atoms with Gasteiger partial charge >= 0.3 is 0 Å². The van der Waals surface area contributed by atoms with E-state index in [-0.39, 0.29) is 0 Å². The second-order valence-corrected chi connectivity index (χ2v) is 4.54. The lowest BCUT2D eigenvalue weighted by Gasteiger charge is -2.39. The van der Waals surface area contributed by atoms with Crippen LogP contribution in [0.15, 0.2) is 24.3 Å². The monoisotopic (exact) mass is 217 g/mol. The highest BCUT2D eigenvalue weighted by Gasteiger charge is 2.37. The molecule has 1 saturated heterocycles. The summed E-state index contributed by atoms with van der Waals surface area (Å²) in [5.41, 5.74) is 1.96. The van der Waals surface area contributed by atoms with Crippen molar-refractivity contribution in [1.29, 1.82) is 0 Å². The van der Waals surface area contributed by atoms with E-state index in [0.717, 1.165) is 25.1 Å². The van der Waals surface area contributed by atoms with Crippen LogP contribution in [-0.2, 0) is 4.74 Å². The Morgan fingerprint density at radius 2 is 1.81 bits per heavy atom. The molecule has 1 aliphatic heterocycles. The third-order valence-electron chi connectivity index (χ3n) is 3.28. The first-order valence-electron chi connectivity index (χ1n) is 5.80. The number of ether oxygens (including phenoxy) is 1. The van der Waals surface area contributed by atoms with Gasteiger partial charge in [0.2, 0.25) is 0 Å². The Kier molecular flexibility index (Phi) is 2.40. The molecule has 1 heterocycles. The maximum absolute atomic E-state index is 10.6. The van der Waals surface area contributed by atoms with E-state index in [1.54, 1.807) is 0 Å². The molecule has 0 spiro atoms. The summed E-state index contributed by atoms with van der Waals surface area (Å²) in [6.45, 7) is 1.68. The number of anilines is 1. The first-order chi connectivity index (χ1) is 7.88. The van der Waals surface area contributed by atoms with Crippen molar-refractivity contribution >= 4 is 12.0 Å². The van der Waals surface area contributed by atoms with Crippen molar-refractivity contribution in [2.45, 2.75) is 24.9 Å². The first-order valence-corrected chi connectivity index (χ1v) is 5.80. The fourth-order valence-electron chi connectivity index (χ4n) is 2.18. The number of benzene rings is 1. The molecule has 3 nitrogen and oxygen atoms in total. The van der Waals surface area contributed by atoms with Gasteiger partial charge in [-0.05, 0) is 37.1 Å². The van der Waals surface area contributed by atoms with Gasteiger partial charge in [0, 0.05) is 17.3 Å². The minimum absolute atomic E-state index is 0.537. The third-order valence-corrected chi connectivity index (χ3v) is 3.28. The van der Waals surface area contributed by atoms with Crippen molar-refractivity contribution in [3.63, 3.8) is 0 Å². The van der Waals surface area contributed by atoms with E-state index < -0.39 is 0 Å². The van der Waals surface area contributed by atoms with Crippen molar-refractivity contribution in [3.8, 4) is 0 Å². The van der Waals surface area contributed by atoms with E-state index in [9.17, 15) is 4.79 Å². The van der Waals surface area contributed by atoms with Crippen LogP contribution in [0, 0.1) is 0 Å². The van der Waals surface area contributed by atoms with Crippen LogP contribution in [0.2, 0.25) is 0 Å². The molecule has 2 aliphatic rings. The average molecular weight is 217 g/mol. The van der Waals surface area contributed by atoms with Gasteiger partial charge in [0.15, 0.2) is 0 Å². The number of nitrogens with zero attached hydrogens (tertiary/aromatic N) is 1. The molecule has 1 aliphatic carbocycles. The van der Waals surface area contributed by atoms with E-state index in [4.69, 9.17) is 4.74 Å². The largest absolute Gasteiger partial charge is 0.377 e. The van der Waals surface area contributed by atoms with Crippen LogP contribution in [-0.4, -0.2) is 31.6 Å². The van der Waals surface area contributed by atoms with Crippen molar-refractivity contribution in [2.24, 2.45) is 0 Å². The number of hydrogen-bond acceptors (Lipinski definition) is 3. The summed E-state index contributed by atoms with van der Waals surface area (Å²) in [4.78, 5) is 13.1. The molecule has 1 aromatic rings. The molecule has 1 aromatic carbocycles. The molecule has 0 bridgehead atoms. The Balaban J connectivity index is 1.83. The fourth-order valence-corrected chi connectivity index (χ4v) is 2.18. The second kappa shape index (κ2) is 3.91. The predicted octanol–water partition coefficient (Wildman–Crippen LogP) is 1.87. The van der Waals surface area contributed by atoms with Gasteiger partial charge in [-0.15, -0.1) is 0 Å². The van der Waals surface area contributed by atoms with Gasteiger partial charge < -0.3 is 9.64 Å². The van der Waals surface area contributed by atoms with E-state index >= 15 is 0 Å². The number of rotatable bonds is 4. The number of aldehydes is 1. The van der Waals surface area contributed by atoms with Crippen LogP contribution in [0.3, 0.4) is 0 Å². The van der Waals surface area contributed by atoms with Crippen LogP contribution in [0.1, 0.15) is 23.2 Å². The zero-order chi connectivity index (χ0) is 11.0. The highest BCUT2D eigenvalue weighted by atomic mass is 16.5. The molecule has 0 aromatic heterocycles. The number of hydrogen-bond donors (Lipinski definition) is 0. The van der Waals surface area contributed by atoms with E-state index in [1.807, 2.05) is 24.3 Å². The molecular formula is C13H15NO2.